The number of benzene rings is 2. The predicted molar refractivity (Wildman–Crippen MR) is 95.1 cm³/mol. The van der Waals surface area contributed by atoms with Gasteiger partial charge in [-0.05, 0) is 49.4 Å². The molecule has 0 aliphatic heterocycles. The lowest BCUT2D eigenvalue weighted by Gasteiger charge is -2.08. The Balaban J connectivity index is 1.96. The molecule has 2 aromatic rings. The molecule has 0 heterocycles. The van der Waals surface area contributed by atoms with Crippen molar-refractivity contribution in [2.75, 3.05) is 5.32 Å². The van der Waals surface area contributed by atoms with Crippen molar-refractivity contribution in [1.29, 1.82) is 0 Å². The van der Waals surface area contributed by atoms with Gasteiger partial charge in [-0.1, -0.05) is 23.2 Å². The number of amides is 1. The number of hydrogen-bond acceptors (Lipinski definition) is 3. The zero-order chi connectivity index (χ0) is 17.7. The summed E-state index contributed by atoms with van der Waals surface area (Å²) in [6.45, 7) is 1.43. The van der Waals surface area contributed by atoms with Gasteiger partial charge in [0.1, 0.15) is 0 Å². The molecule has 124 valence electrons. The fourth-order valence-corrected chi connectivity index (χ4v) is 2.35. The smallest absolute Gasteiger partial charge is 0.224 e. The van der Waals surface area contributed by atoms with Crippen molar-refractivity contribution in [3.05, 3.63) is 63.6 Å². The van der Waals surface area contributed by atoms with E-state index in [1.165, 1.54) is 13.0 Å². The minimum atomic E-state index is -0.347. The van der Waals surface area contributed by atoms with Crippen LogP contribution in [0.15, 0.2) is 42.5 Å². The summed E-state index contributed by atoms with van der Waals surface area (Å²) in [7, 11) is 0. The molecular weight excluding hydrogens is 349 g/mol. The molecule has 4 nitrogen and oxygen atoms in total. The third-order valence-electron chi connectivity index (χ3n) is 3.39. The monoisotopic (exact) mass is 363 g/mol. The van der Waals surface area contributed by atoms with E-state index in [2.05, 4.69) is 5.32 Å². The van der Waals surface area contributed by atoms with Crippen LogP contribution in [0.2, 0.25) is 10.0 Å². The molecule has 0 fully saturated rings. The second-order valence-corrected chi connectivity index (χ2v) is 6.07. The summed E-state index contributed by atoms with van der Waals surface area (Å²) >= 11 is 11.8. The average Bonchev–Trinajstić information content (AvgIpc) is 2.55. The van der Waals surface area contributed by atoms with Crippen LogP contribution in [0.1, 0.15) is 40.5 Å². The molecule has 0 unspecified atom stereocenters. The van der Waals surface area contributed by atoms with Crippen LogP contribution in [-0.4, -0.2) is 17.5 Å². The number of ketones is 2. The predicted octanol–water partition coefficient (Wildman–Crippen LogP) is 4.80. The second kappa shape index (κ2) is 8.08. The van der Waals surface area contributed by atoms with Crippen LogP contribution in [0.5, 0.6) is 0 Å². The van der Waals surface area contributed by atoms with E-state index in [1.807, 2.05) is 0 Å². The van der Waals surface area contributed by atoms with Gasteiger partial charge >= 0.3 is 0 Å². The summed E-state index contributed by atoms with van der Waals surface area (Å²) in [6.07, 6.45) is 0.0829. The van der Waals surface area contributed by atoms with Gasteiger partial charge in [-0.25, -0.2) is 0 Å². The van der Waals surface area contributed by atoms with Gasteiger partial charge in [-0.2, -0.15) is 0 Å². The van der Waals surface area contributed by atoms with Crippen LogP contribution < -0.4 is 5.32 Å². The summed E-state index contributed by atoms with van der Waals surface area (Å²) in [6, 6.07) is 11.1. The van der Waals surface area contributed by atoms with Crippen LogP contribution in [-0.2, 0) is 4.79 Å². The Morgan fingerprint density at radius 1 is 0.917 bits per heavy atom. The van der Waals surface area contributed by atoms with Gasteiger partial charge in [0.2, 0.25) is 5.91 Å². The fraction of sp³-hybridized carbons (Fsp3) is 0.167. The molecule has 2 rings (SSSR count). The standard InChI is InChI=1S/C18H15Cl2NO3/c1-11(22)13-4-7-15(20)16(10-13)21-18(24)9-8-17(23)12-2-5-14(19)6-3-12/h2-7,10H,8-9H2,1H3,(H,21,24). The minimum absolute atomic E-state index is 0.0160. The SMILES string of the molecule is CC(=O)c1ccc(Cl)c(NC(=O)CCC(=O)c2ccc(Cl)cc2)c1. The van der Waals surface area contributed by atoms with Crippen LogP contribution in [0.25, 0.3) is 0 Å². The molecule has 0 aliphatic carbocycles. The zero-order valence-electron chi connectivity index (χ0n) is 12.9. The number of nitrogens with one attached hydrogen (secondary N) is 1. The van der Waals surface area contributed by atoms with E-state index in [1.54, 1.807) is 36.4 Å². The fourth-order valence-electron chi connectivity index (χ4n) is 2.06. The summed E-state index contributed by atoms with van der Waals surface area (Å²) in [5.74, 6) is -0.620. The second-order valence-electron chi connectivity index (χ2n) is 5.23. The molecule has 0 aromatic heterocycles. The number of Topliss-reactive ketones (excluding diaryl/α,β-unsaturated/α-hetero) is 2. The lowest BCUT2D eigenvalue weighted by Crippen LogP contribution is -2.14. The maximum Gasteiger partial charge on any atom is 0.224 e. The van der Waals surface area contributed by atoms with E-state index in [0.29, 0.717) is 26.9 Å². The highest BCUT2D eigenvalue weighted by molar-refractivity contribution is 6.34. The highest BCUT2D eigenvalue weighted by Gasteiger charge is 2.12. The van der Waals surface area contributed by atoms with E-state index in [9.17, 15) is 14.4 Å². The Hall–Kier alpha value is -2.17. The molecule has 1 amide bonds. The molecule has 24 heavy (non-hydrogen) atoms. The molecule has 2 aromatic carbocycles. The van der Waals surface area contributed by atoms with Gasteiger partial charge < -0.3 is 5.32 Å². The van der Waals surface area contributed by atoms with Gasteiger partial charge in [0, 0.05) is 29.0 Å². The highest BCUT2D eigenvalue weighted by atomic mass is 35.5. The number of rotatable bonds is 6. The molecular formula is C18H15Cl2NO3. The van der Waals surface area contributed by atoms with Crippen LogP contribution >= 0.6 is 23.2 Å². The van der Waals surface area contributed by atoms with E-state index in [-0.39, 0.29) is 30.3 Å². The highest BCUT2D eigenvalue weighted by Crippen LogP contribution is 2.23. The van der Waals surface area contributed by atoms with Crippen molar-refractivity contribution >= 4 is 46.4 Å². The number of carbonyl (C=O) groups is 3. The molecule has 0 bridgehead atoms. The van der Waals surface area contributed by atoms with Crippen molar-refractivity contribution in [3.63, 3.8) is 0 Å². The lowest BCUT2D eigenvalue weighted by atomic mass is 10.1. The average molecular weight is 364 g/mol. The maximum absolute atomic E-state index is 12.0. The van der Waals surface area contributed by atoms with Crippen molar-refractivity contribution in [2.24, 2.45) is 0 Å². The molecule has 0 radical (unpaired) electrons. The first-order valence-corrected chi connectivity index (χ1v) is 8.01. The van der Waals surface area contributed by atoms with Crippen LogP contribution in [0, 0.1) is 0 Å². The van der Waals surface area contributed by atoms with Gasteiger partial charge in [0.05, 0.1) is 10.7 Å². The summed E-state index contributed by atoms with van der Waals surface area (Å²) in [5.41, 5.74) is 1.31. The van der Waals surface area contributed by atoms with E-state index in [4.69, 9.17) is 23.2 Å². The van der Waals surface area contributed by atoms with E-state index < -0.39 is 0 Å². The van der Waals surface area contributed by atoms with Gasteiger partial charge in [-0.3, -0.25) is 14.4 Å². The first-order valence-electron chi connectivity index (χ1n) is 7.26. The number of anilines is 1. The van der Waals surface area contributed by atoms with Crippen molar-refractivity contribution < 1.29 is 14.4 Å². The van der Waals surface area contributed by atoms with Gasteiger partial charge in [0.25, 0.3) is 0 Å². The van der Waals surface area contributed by atoms with Crippen molar-refractivity contribution in [3.8, 4) is 0 Å². The lowest BCUT2D eigenvalue weighted by molar-refractivity contribution is -0.116. The normalized spacial score (nSPS) is 10.3. The minimum Gasteiger partial charge on any atom is -0.325 e. The van der Waals surface area contributed by atoms with Crippen LogP contribution in [0.4, 0.5) is 5.69 Å². The third kappa shape index (κ3) is 4.91. The van der Waals surface area contributed by atoms with E-state index >= 15 is 0 Å². The van der Waals surface area contributed by atoms with E-state index in [0.717, 1.165) is 0 Å². The number of hydrogen-bond donors (Lipinski definition) is 1. The Morgan fingerprint density at radius 3 is 2.17 bits per heavy atom. The molecule has 0 atom stereocenters. The topological polar surface area (TPSA) is 63.2 Å². The van der Waals surface area contributed by atoms with Crippen molar-refractivity contribution in [1.82, 2.24) is 0 Å². The summed E-state index contributed by atoms with van der Waals surface area (Å²) < 4.78 is 0. The Bertz CT molecular complexity index is 785. The van der Waals surface area contributed by atoms with Gasteiger partial charge in [-0.15, -0.1) is 0 Å². The third-order valence-corrected chi connectivity index (χ3v) is 3.97. The zero-order valence-corrected chi connectivity index (χ0v) is 14.4. The van der Waals surface area contributed by atoms with Gasteiger partial charge in [0.15, 0.2) is 11.6 Å². The Kier molecular flexibility index (Phi) is 6.12. The molecule has 0 spiro atoms. The summed E-state index contributed by atoms with van der Waals surface area (Å²) in [5, 5.41) is 3.50. The number of halogens is 2. The first kappa shape index (κ1) is 18.2. The maximum atomic E-state index is 12.0. The molecule has 0 saturated carbocycles. The summed E-state index contributed by atoms with van der Waals surface area (Å²) in [4.78, 5) is 35.4. The molecule has 6 heteroatoms. The Morgan fingerprint density at radius 2 is 1.54 bits per heavy atom. The molecule has 0 aliphatic rings. The number of carbonyl (C=O) groups excluding carboxylic acids is 3. The van der Waals surface area contributed by atoms with Crippen molar-refractivity contribution in [2.45, 2.75) is 19.8 Å². The Labute approximate surface area is 149 Å². The largest absolute Gasteiger partial charge is 0.325 e. The molecule has 1 N–H and O–H groups in total. The molecule has 0 saturated heterocycles. The quantitative estimate of drug-likeness (QED) is 0.749. The van der Waals surface area contributed by atoms with Crippen LogP contribution in [0.3, 0.4) is 0 Å². The first-order chi connectivity index (χ1) is 11.4.